The second kappa shape index (κ2) is 9.08. The fourth-order valence-corrected chi connectivity index (χ4v) is 2.93. The van der Waals surface area contributed by atoms with Gasteiger partial charge in [-0.1, -0.05) is 18.2 Å². The lowest BCUT2D eigenvalue weighted by Crippen LogP contribution is -2.42. The van der Waals surface area contributed by atoms with Gasteiger partial charge in [-0.3, -0.25) is 14.6 Å². The molecule has 1 atom stereocenters. The molecule has 134 valence electrons. The van der Waals surface area contributed by atoms with E-state index >= 15 is 0 Å². The molecule has 0 saturated carbocycles. The van der Waals surface area contributed by atoms with Gasteiger partial charge in [-0.15, -0.1) is 0 Å². The molecule has 2 N–H and O–H groups in total. The number of aliphatic hydroxyl groups is 2. The van der Waals surface area contributed by atoms with Crippen molar-refractivity contribution in [3.05, 3.63) is 35.6 Å². The quantitative estimate of drug-likeness (QED) is 0.749. The van der Waals surface area contributed by atoms with Crippen molar-refractivity contribution in [2.75, 3.05) is 52.9 Å². The number of carbonyl (C=O) groups is 1. The van der Waals surface area contributed by atoms with Gasteiger partial charge in [-0.2, -0.15) is 0 Å². The molecule has 1 fully saturated rings. The molecule has 0 radical (unpaired) electrons. The highest BCUT2D eigenvalue weighted by molar-refractivity contribution is 5.78. The summed E-state index contributed by atoms with van der Waals surface area (Å²) in [6.07, 6.45) is -0.625. The normalized spacial score (nSPS) is 19.5. The number of halogens is 1. The van der Waals surface area contributed by atoms with E-state index in [0.717, 1.165) is 0 Å². The maximum absolute atomic E-state index is 13.7. The number of benzene rings is 1. The highest BCUT2D eigenvalue weighted by Crippen LogP contribution is 2.10. The summed E-state index contributed by atoms with van der Waals surface area (Å²) in [6, 6.07) is 6.53. The van der Waals surface area contributed by atoms with Crippen LogP contribution in [0.4, 0.5) is 4.39 Å². The van der Waals surface area contributed by atoms with Crippen molar-refractivity contribution in [1.82, 2.24) is 14.7 Å². The Bertz CT molecular complexity index is 544. The summed E-state index contributed by atoms with van der Waals surface area (Å²) >= 11 is 0. The van der Waals surface area contributed by atoms with E-state index in [1.54, 1.807) is 35.0 Å². The lowest BCUT2D eigenvalue weighted by Gasteiger charge is -2.25. The second-order valence-electron chi connectivity index (χ2n) is 6.28. The molecule has 0 bridgehead atoms. The van der Waals surface area contributed by atoms with E-state index in [2.05, 4.69) is 0 Å². The van der Waals surface area contributed by atoms with Gasteiger partial charge in [-0.25, -0.2) is 4.39 Å². The number of carbonyl (C=O) groups excluding carboxylic acids is 1. The summed E-state index contributed by atoms with van der Waals surface area (Å²) in [7, 11) is 1.77. The number of rotatable bonds is 6. The van der Waals surface area contributed by atoms with Crippen LogP contribution in [0.3, 0.4) is 0 Å². The molecule has 1 saturated heterocycles. The van der Waals surface area contributed by atoms with E-state index in [1.807, 2.05) is 4.90 Å². The zero-order valence-electron chi connectivity index (χ0n) is 14.1. The first-order chi connectivity index (χ1) is 11.5. The first-order valence-electron chi connectivity index (χ1n) is 8.20. The Morgan fingerprint density at radius 2 is 2.08 bits per heavy atom. The molecule has 7 heteroatoms. The van der Waals surface area contributed by atoms with Crippen LogP contribution in [0.2, 0.25) is 0 Å². The zero-order valence-corrected chi connectivity index (χ0v) is 14.1. The number of β-amino-alcohol motifs (C(OH)–C–C–N with tert-alkyl or cyclic N) is 2. The minimum atomic E-state index is -0.625. The van der Waals surface area contributed by atoms with Gasteiger partial charge < -0.3 is 15.1 Å². The Labute approximate surface area is 142 Å². The van der Waals surface area contributed by atoms with Crippen LogP contribution < -0.4 is 0 Å². The highest BCUT2D eigenvalue weighted by atomic mass is 19.1. The van der Waals surface area contributed by atoms with Crippen LogP contribution in [0.1, 0.15) is 5.56 Å². The minimum absolute atomic E-state index is 0.0338. The summed E-state index contributed by atoms with van der Waals surface area (Å²) in [6.45, 7) is 2.93. The average molecular weight is 339 g/mol. The van der Waals surface area contributed by atoms with Crippen LogP contribution in [0, 0.1) is 5.82 Å². The molecule has 1 aromatic rings. The molecule has 0 aliphatic carbocycles. The molecular weight excluding hydrogens is 313 g/mol. The summed E-state index contributed by atoms with van der Waals surface area (Å²) in [5.41, 5.74) is 0.554. The monoisotopic (exact) mass is 339 g/mol. The molecule has 0 aromatic heterocycles. The van der Waals surface area contributed by atoms with Gasteiger partial charge in [0.1, 0.15) is 5.82 Å². The van der Waals surface area contributed by atoms with E-state index < -0.39 is 6.10 Å². The third kappa shape index (κ3) is 5.52. The topological polar surface area (TPSA) is 67.3 Å². The summed E-state index contributed by atoms with van der Waals surface area (Å²) in [5.74, 6) is -0.361. The SMILES string of the molecule is CN(CC(=O)N1CCN(CCO)C[C@@H](O)C1)Cc1ccccc1F. The largest absolute Gasteiger partial charge is 0.395 e. The standard InChI is InChI=1S/C17H26FN3O3/c1-19(10-14-4-2-3-5-16(14)18)13-17(24)21-7-6-20(8-9-22)11-15(23)12-21/h2-5,15,22-23H,6-13H2,1H3/t15-/m1/s1. The molecule has 6 nitrogen and oxygen atoms in total. The van der Waals surface area contributed by atoms with Gasteiger partial charge in [0.2, 0.25) is 5.91 Å². The molecular formula is C17H26FN3O3. The number of hydrogen-bond donors (Lipinski definition) is 2. The Balaban J connectivity index is 1.88. The molecule has 1 aliphatic heterocycles. The number of likely N-dealkylation sites (N-methyl/N-ethyl adjacent to an activating group) is 1. The van der Waals surface area contributed by atoms with Crippen molar-refractivity contribution < 1.29 is 19.4 Å². The predicted octanol–water partition coefficient (Wildman–Crippen LogP) is -0.245. The smallest absolute Gasteiger partial charge is 0.236 e. The van der Waals surface area contributed by atoms with Crippen molar-refractivity contribution in [2.24, 2.45) is 0 Å². The van der Waals surface area contributed by atoms with Crippen LogP contribution in [0.25, 0.3) is 0 Å². The first-order valence-corrected chi connectivity index (χ1v) is 8.20. The highest BCUT2D eigenvalue weighted by Gasteiger charge is 2.24. The van der Waals surface area contributed by atoms with Crippen molar-refractivity contribution in [2.45, 2.75) is 12.6 Å². The lowest BCUT2D eigenvalue weighted by molar-refractivity contribution is -0.133. The second-order valence-corrected chi connectivity index (χ2v) is 6.28. The summed E-state index contributed by atoms with van der Waals surface area (Å²) < 4.78 is 13.7. The van der Waals surface area contributed by atoms with E-state index in [4.69, 9.17) is 5.11 Å². The lowest BCUT2D eigenvalue weighted by atomic mass is 10.2. The molecule has 1 heterocycles. The van der Waals surface area contributed by atoms with Crippen LogP contribution in [0.15, 0.2) is 24.3 Å². The Morgan fingerprint density at radius 1 is 1.33 bits per heavy atom. The zero-order chi connectivity index (χ0) is 17.5. The van der Waals surface area contributed by atoms with Gasteiger partial charge in [0.15, 0.2) is 0 Å². The third-order valence-corrected chi connectivity index (χ3v) is 4.16. The molecule has 24 heavy (non-hydrogen) atoms. The van der Waals surface area contributed by atoms with Crippen LogP contribution >= 0.6 is 0 Å². The number of hydrogen-bond acceptors (Lipinski definition) is 5. The summed E-state index contributed by atoms with van der Waals surface area (Å²) in [4.78, 5) is 17.8. The van der Waals surface area contributed by atoms with E-state index in [-0.39, 0.29) is 31.4 Å². The van der Waals surface area contributed by atoms with E-state index in [0.29, 0.717) is 38.3 Å². The minimum Gasteiger partial charge on any atom is -0.395 e. The number of nitrogens with zero attached hydrogens (tertiary/aromatic N) is 3. The molecule has 0 unspecified atom stereocenters. The van der Waals surface area contributed by atoms with Gasteiger partial charge in [0, 0.05) is 44.8 Å². The number of aliphatic hydroxyl groups excluding tert-OH is 2. The molecule has 1 aliphatic rings. The van der Waals surface area contributed by atoms with Gasteiger partial charge in [0.05, 0.1) is 19.3 Å². The fourth-order valence-electron chi connectivity index (χ4n) is 2.93. The number of amides is 1. The van der Waals surface area contributed by atoms with E-state index in [9.17, 15) is 14.3 Å². The van der Waals surface area contributed by atoms with Crippen molar-refractivity contribution in [3.63, 3.8) is 0 Å². The Kier molecular flexibility index (Phi) is 7.11. The summed E-state index contributed by atoms with van der Waals surface area (Å²) in [5, 5.41) is 19.0. The molecule has 0 spiro atoms. The van der Waals surface area contributed by atoms with Crippen LogP contribution in [0.5, 0.6) is 0 Å². The van der Waals surface area contributed by atoms with Gasteiger partial charge >= 0.3 is 0 Å². The van der Waals surface area contributed by atoms with Crippen LogP contribution in [-0.4, -0.2) is 89.8 Å². The van der Waals surface area contributed by atoms with Crippen LogP contribution in [-0.2, 0) is 11.3 Å². The average Bonchev–Trinajstić information content (AvgIpc) is 2.71. The van der Waals surface area contributed by atoms with Crippen molar-refractivity contribution in [1.29, 1.82) is 0 Å². The van der Waals surface area contributed by atoms with Crippen molar-refractivity contribution >= 4 is 5.91 Å². The molecule has 1 aromatic carbocycles. The third-order valence-electron chi connectivity index (χ3n) is 4.16. The molecule has 2 rings (SSSR count). The Hall–Kier alpha value is -1.54. The Morgan fingerprint density at radius 3 is 2.79 bits per heavy atom. The fraction of sp³-hybridized carbons (Fsp3) is 0.588. The first kappa shape index (κ1) is 18.8. The van der Waals surface area contributed by atoms with Gasteiger partial charge in [0.25, 0.3) is 0 Å². The van der Waals surface area contributed by atoms with Gasteiger partial charge in [-0.05, 0) is 13.1 Å². The molecule has 1 amide bonds. The maximum atomic E-state index is 13.7. The van der Waals surface area contributed by atoms with Crippen molar-refractivity contribution in [3.8, 4) is 0 Å². The van der Waals surface area contributed by atoms with E-state index in [1.165, 1.54) is 6.07 Å². The maximum Gasteiger partial charge on any atom is 0.236 e. The predicted molar refractivity (Wildman–Crippen MR) is 88.8 cm³/mol.